The Labute approximate surface area is 176 Å². The number of benzene rings is 2. The monoisotopic (exact) mass is 510 g/mol. The van der Waals surface area contributed by atoms with Crippen molar-refractivity contribution in [1.29, 1.82) is 0 Å². The van der Waals surface area contributed by atoms with Gasteiger partial charge in [0, 0.05) is 13.6 Å². The van der Waals surface area contributed by atoms with Crippen molar-refractivity contribution < 1.29 is 22.4 Å². The van der Waals surface area contributed by atoms with E-state index in [1.54, 1.807) is 12.1 Å². The van der Waals surface area contributed by atoms with Gasteiger partial charge >= 0.3 is 0 Å². The third-order valence-corrected chi connectivity index (χ3v) is 3.54. The van der Waals surface area contributed by atoms with Crippen LogP contribution in [0.4, 0.5) is 23.2 Å². The molecule has 0 saturated carbocycles. The lowest BCUT2D eigenvalue weighted by Gasteiger charge is -2.12. The summed E-state index contributed by atoms with van der Waals surface area (Å²) in [6.45, 7) is 0.153. The van der Waals surface area contributed by atoms with E-state index in [0.29, 0.717) is 25.0 Å². The third-order valence-electron chi connectivity index (χ3n) is 3.54. The minimum Gasteiger partial charge on any atom is -0.356 e. The molecule has 0 radical (unpaired) electrons. The molecule has 152 valence electrons. The molecule has 1 amide bonds. The molecule has 0 unspecified atom stereocenters. The quantitative estimate of drug-likeness (QED) is 0.184. The molecule has 0 aliphatic rings. The molecule has 0 spiro atoms. The maximum absolute atomic E-state index is 13.5. The van der Waals surface area contributed by atoms with Crippen molar-refractivity contribution in [3.05, 3.63) is 65.2 Å². The summed E-state index contributed by atoms with van der Waals surface area (Å²) in [7, 11) is 1.49. The Bertz CT molecular complexity index is 848. The van der Waals surface area contributed by atoms with Gasteiger partial charge in [-0.2, -0.15) is 0 Å². The zero-order chi connectivity index (χ0) is 19.8. The van der Waals surface area contributed by atoms with Crippen LogP contribution in [0.15, 0.2) is 41.4 Å². The minimum absolute atomic E-state index is 0. The lowest BCUT2D eigenvalue weighted by atomic mass is 10.1. The van der Waals surface area contributed by atoms with Crippen LogP contribution >= 0.6 is 24.0 Å². The first kappa shape index (κ1) is 23.7. The van der Waals surface area contributed by atoms with Gasteiger partial charge in [-0.3, -0.25) is 9.79 Å². The summed E-state index contributed by atoms with van der Waals surface area (Å²) in [4.78, 5) is 15.7. The average Bonchev–Trinajstić information content (AvgIpc) is 2.65. The number of aliphatic imine (C=N–C) groups is 1. The highest BCUT2D eigenvalue weighted by atomic mass is 127. The number of nitrogens with one attached hydrogen (secondary N) is 3. The van der Waals surface area contributed by atoms with Crippen LogP contribution in [0, 0.1) is 23.3 Å². The molecule has 0 saturated heterocycles. The van der Waals surface area contributed by atoms with Gasteiger partial charge in [0.15, 0.2) is 23.4 Å². The zero-order valence-corrected chi connectivity index (χ0v) is 17.2. The molecule has 5 nitrogen and oxygen atoms in total. The van der Waals surface area contributed by atoms with E-state index in [1.165, 1.54) is 19.2 Å². The Hall–Kier alpha value is -2.37. The molecule has 10 heteroatoms. The van der Waals surface area contributed by atoms with Crippen molar-refractivity contribution in [3.63, 3.8) is 0 Å². The number of halogens is 5. The zero-order valence-electron chi connectivity index (χ0n) is 14.9. The van der Waals surface area contributed by atoms with Crippen molar-refractivity contribution in [2.24, 2.45) is 4.99 Å². The van der Waals surface area contributed by atoms with Gasteiger partial charge in [0.05, 0.1) is 12.2 Å². The highest BCUT2D eigenvalue weighted by Crippen LogP contribution is 2.19. The molecular formula is C18H19F4IN4O. The van der Waals surface area contributed by atoms with Gasteiger partial charge in [0.25, 0.3) is 0 Å². The molecule has 0 bridgehead atoms. The molecule has 3 N–H and O–H groups in total. The normalized spacial score (nSPS) is 10.8. The van der Waals surface area contributed by atoms with Crippen molar-refractivity contribution >= 4 is 41.5 Å². The van der Waals surface area contributed by atoms with Gasteiger partial charge in [-0.1, -0.05) is 12.1 Å². The van der Waals surface area contributed by atoms with Gasteiger partial charge in [0.2, 0.25) is 5.91 Å². The average molecular weight is 510 g/mol. The number of hydrogen-bond donors (Lipinski definition) is 3. The van der Waals surface area contributed by atoms with Crippen LogP contribution in [0.2, 0.25) is 0 Å². The topological polar surface area (TPSA) is 65.5 Å². The maximum atomic E-state index is 13.5. The summed E-state index contributed by atoms with van der Waals surface area (Å²) in [6, 6.07) is 7.81. The lowest BCUT2D eigenvalue weighted by molar-refractivity contribution is -0.115. The van der Waals surface area contributed by atoms with Crippen molar-refractivity contribution in [1.82, 2.24) is 10.6 Å². The number of anilines is 1. The molecule has 2 aromatic carbocycles. The predicted molar refractivity (Wildman–Crippen MR) is 110 cm³/mol. The second-order valence-corrected chi connectivity index (χ2v) is 5.50. The van der Waals surface area contributed by atoms with Crippen LogP contribution in [0.25, 0.3) is 0 Å². The SMILES string of the molecule is CN=C(NCCc1cccc(F)c1)NCC(=O)Nc1ccc(F)c(F)c1F.I. The fourth-order valence-corrected chi connectivity index (χ4v) is 2.22. The van der Waals surface area contributed by atoms with E-state index in [0.717, 1.165) is 11.6 Å². The molecule has 0 heterocycles. The van der Waals surface area contributed by atoms with E-state index in [1.807, 2.05) is 0 Å². The first-order valence-corrected chi connectivity index (χ1v) is 8.03. The van der Waals surface area contributed by atoms with E-state index < -0.39 is 29.0 Å². The van der Waals surface area contributed by atoms with Crippen LogP contribution < -0.4 is 16.0 Å². The highest BCUT2D eigenvalue weighted by Gasteiger charge is 2.15. The lowest BCUT2D eigenvalue weighted by Crippen LogP contribution is -2.42. The number of rotatable bonds is 6. The summed E-state index contributed by atoms with van der Waals surface area (Å²) >= 11 is 0. The van der Waals surface area contributed by atoms with E-state index in [4.69, 9.17) is 0 Å². The van der Waals surface area contributed by atoms with Crippen LogP contribution in [-0.2, 0) is 11.2 Å². The van der Waals surface area contributed by atoms with E-state index in [-0.39, 0.29) is 36.3 Å². The molecule has 2 aromatic rings. The van der Waals surface area contributed by atoms with E-state index in [2.05, 4.69) is 20.9 Å². The number of amides is 1. The number of carbonyl (C=O) groups is 1. The summed E-state index contributed by atoms with van der Waals surface area (Å²) < 4.78 is 52.7. The number of nitrogens with zero attached hydrogens (tertiary/aromatic N) is 1. The van der Waals surface area contributed by atoms with Crippen LogP contribution in [0.1, 0.15) is 5.56 Å². The first-order chi connectivity index (χ1) is 12.9. The van der Waals surface area contributed by atoms with Gasteiger partial charge < -0.3 is 16.0 Å². The molecule has 0 aliphatic carbocycles. The molecule has 0 fully saturated rings. The Morgan fingerprint density at radius 1 is 1.04 bits per heavy atom. The number of guanidine groups is 1. The Morgan fingerprint density at radius 3 is 2.46 bits per heavy atom. The van der Waals surface area contributed by atoms with Crippen molar-refractivity contribution in [3.8, 4) is 0 Å². The fraction of sp³-hybridized carbons (Fsp3) is 0.222. The third kappa shape index (κ3) is 6.98. The molecule has 0 aromatic heterocycles. The Morgan fingerprint density at radius 2 is 1.79 bits per heavy atom. The maximum Gasteiger partial charge on any atom is 0.243 e. The first-order valence-electron chi connectivity index (χ1n) is 8.03. The highest BCUT2D eigenvalue weighted by molar-refractivity contribution is 14.0. The summed E-state index contributed by atoms with van der Waals surface area (Å²) in [5.74, 6) is -5.17. The van der Waals surface area contributed by atoms with Crippen LogP contribution in [0.3, 0.4) is 0 Å². The predicted octanol–water partition coefficient (Wildman–Crippen LogP) is 3.21. The van der Waals surface area contributed by atoms with Crippen LogP contribution in [0.5, 0.6) is 0 Å². The standard InChI is InChI=1S/C18H18F4N4O.HI/c1-23-18(24-8-7-11-3-2-4-12(19)9-11)25-10-15(27)26-14-6-5-13(20)16(21)17(14)22;/h2-6,9H,7-8,10H2,1H3,(H,26,27)(H2,23,24,25);1H. The minimum atomic E-state index is -1.66. The second-order valence-electron chi connectivity index (χ2n) is 5.50. The molecule has 0 atom stereocenters. The van der Waals surface area contributed by atoms with Crippen molar-refractivity contribution in [2.75, 3.05) is 25.5 Å². The molecular weight excluding hydrogens is 491 g/mol. The number of carbonyl (C=O) groups excluding carboxylic acids is 1. The Balaban J connectivity index is 0.00000392. The van der Waals surface area contributed by atoms with E-state index in [9.17, 15) is 22.4 Å². The second kappa shape index (κ2) is 11.5. The largest absolute Gasteiger partial charge is 0.356 e. The van der Waals surface area contributed by atoms with Gasteiger partial charge in [0.1, 0.15) is 5.82 Å². The van der Waals surface area contributed by atoms with Crippen LogP contribution in [-0.4, -0.2) is 32.0 Å². The smallest absolute Gasteiger partial charge is 0.243 e. The summed E-state index contributed by atoms with van der Waals surface area (Å²) in [5, 5.41) is 7.77. The van der Waals surface area contributed by atoms with Crippen molar-refractivity contribution in [2.45, 2.75) is 6.42 Å². The fourth-order valence-electron chi connectivity index (χ4n) is 2.22. The van der Waals surface area contributed by atoms with Gasteiger partial charge in [-0.15, -0.1) is 24.0 Å². The molecule has 28 heavy (non-hydrogen) atoms. The van der Waals surface area contributed by atoms with Gasteiger partial charge in [-0.05, 0) is 36.2 Å². The van der Waals surface area contributed by atoms with Gasteiger partial charge in [-0.25, -0.2) is 17.6 Å². The number of hydrogen-bond acceptors (Lipinski definition) is 2. The molecule has 0 aliphatic heterocycles. The summed E-state index contributed by atoms with van der Waals surface area (Å²) in [5.41, 5.74) is 0.333. The summed E-state index contributed by atoms with van der Waals surface area (Å²) in [6.07, 6.45) is 0.532. The van der Waals surface area contributed by atoms with E-state index >= 15 is 0 Å². The molecule has 2 rings (SSSR count). The Kier molecular flexibility index (Phi) is 9.69.